The quantitative estimate of drug-likeness (QED) is 0.235. The minimum Gasteiger partial charge on any atom is -0.491 e. The molecule has 0 fully saturated rings. The van der Waals surface area contributed by atoms with Gasteiger partial charge in [0.25, 0.3) is 0 Å². The molecule has 7 nitrogen and oxygen atoms in total. The maximum Gasteiger partial charge on any atom is 0.335 e. The number of aromatic nitrogens is 4. The van der Waals surface area contributed by atoms with Crippen LogP contribution in [0.25, 0.3) is 50.4 Å². The van der Waals surface area contributed by atoms with Gasteiger partial charge in [-0.15, -0.1) is 0 Å². The summed E-state index contributed by atoms with van der Waals surface area (Å²) in [4.78, 5) is 20.5. The Hall–Kier alpha value is -5.30. The van der Waals surface area contributed by atoms with Crippen LogP contribution in [0.4, 0.5) is 0 Å². The first-order valence-electron chi connectivity index (χ1n) is 13.0. The van der Waals surface area contributed by atoms with Gasteiger partial charge in [-0.2, -0.15) is 5.10 Å². The van der Waals surface area contributed by atoms with Gasteiger partial charge in [0.05, 0.1) is 39.8 Å². The molecule has 2 aromatic heterocycles. The zero-order valence-electron chi connectivity index (χ0n) is 22.0. The summed E-state index contributed by atoms with van der Waals surface area (Å²) in [6.07, 6.45) is 3.46. The smallest absolute Gasteiger partial charge is 0.335 e. The van der Waals surface area contributed by atoms with Gasteiger partial charge in [-0.3, -0.25) is 9.97 Å². The molecule has 2 heterocycles. The molecular weight excluding hydrogens is 500 g/mol. The zero-order chi connectivity index (χ0) is 27.6. The Bertz CT molecular complexity index is 1820. The highest BCUT2D eigenvalue weighted by molar-refractivity contribution is 5.88. The van der Waals surface area contributed by atoms with Crippen LogP contribution in [0.1, 0.15) is 24.2 Å². The van der Waals surface area contributed by atoms with Gasteiger partial charge in [0, 0.05) is 23.5 Å². The van der Waals surface area contributed by atoms with E-state index in [2.05, 4.69) is 46.4 Å². The molecule has 4 aromatic carbocycles. The van der Waals surface area contributed by atoms with E-state index in [1.54, 1.807) is 35.3 Å². The lowest BCUT2D eigenvalue weighted by Gasteiger charge is -2.11. The third kappa shape index (κ3) is 5.05. The van der Waals surface area contributed by atoms with E-state index >= 15 is 0 Å². The van der Waals surface area contributed by atoms with E-state index in [1.807, 2.05) is 56.3 Å². The highest BCUT2D eigenvalue weighted by Crippen LogP contribution is 2.32. The van der Waals surface area contributed by atoms with Crippen molar-refractivity contribution in [2.45, 2.75) is 20.0 Å². The van der Waals surface area contributed by atoms with Gasteiger partial charge in [-0.05, 0) is 73.5 Å². The molecule has 0 saturated carbocycles. The number of aromatic carboxylic acids is 1. The number of carboxylic acids is 1. The van der Waals surface area contributed by atoms with Crippen LogP contribution in [0.15, 0.2) is 109 Å². The van der Waals surface area contributed by atoms with Crippen molar-refractivity contribution in [1.82, 2.24) is 19.7 Å². The Labute approximate surface area is 231 Å². The van der Waals surface area contributed by atoms with Crippen molar-refractivity contribution in [1.29, 1.82) is 0 Å². The third-order valence-corrected chi connectivity index (χ3v) is 6.55. The van der Waals surface area contributed by atoms with Crippen molar-refractivity contribution in [2.75, 3.05) is 0 Å². The van der Waals surface area contributed by atoms with Crippen LogP contribution in [0.2, 0.25) is 0 Å². The summed E-state index contributed by atoms with van der Waals surface area (Å²) in [5.74, 6) is -0.145. The first-order valence-corrected chi connectivity index (χ1v) is 13.0. The van der Waals surface area contributed by atoms with Gasteiger partial charge in [-0.25, -0.2) is 9.48 Å². The normalized spacial score (nSPS) is 11.2. The third-order valence-electron chi connectivity index (χ3n) is 6.55. The Balaban J connectivity index is 1.41. The highest BCUT2D eigenvalue weighted by Gasteiger charge is 2.16. The van der Waals surface area contributed by atoms with Crippen molar-refractivity contribution < 1.29 is 14.6 Å². The summed E-state index contributed by atoms with van der Waals surface area (Å²) < 4.78 is 7.56. The molecule has 0 amide bonds. The molecular formula is C33H26N4O3. The molecule has 1 N–H and O–H groups in total. The van der Waals surface area contributed by atoms with Gasteiger partial charge in [-0.1, -0.05) is 48.5 Å². The average molecular weight is 527 g/mol. The molecule has 196 valence electrons. The topological polar surface area (TPSA) is 90.1 Å². The fourth-order valence-corrected chi connectivity index (χ4v) is 4.65. The van der Waals surface area contributed by atoms with Gasteiger partial charge in [0.15, 0.2) is 0 Å². The van der Waals surface area contributed by atoms with E-state index in [1.165, 1.54) is 0 Å². The van der Waals surface area contributed by atoms with Crippen LogP contribution >= 0.6 is 0 Å². The number of hydrogen-bond acceptors (Lipinski definition) is 5. The molecule has 6 aromatic rings. The second-order valence-electron chi connectivity index (χ2n) is 9.71. The molecule has 0 saturated heterocycles. The van der Waals surface area contributed by atoms with Crippen LogP contribution in [-0.4, -0.2) is 36.9 Å². The van der Waals surface area contributed by atoms with Crippen molar-refractivity contribution in [3.63, 3.8) is 0 Å². The highest BCUT2D eigenvalue weighted by atomic mass is 16.5. The predicted octanol–water partition coefficient (Wildman–Crippen LogP) is 7.30. The fourth-order valence-electron chi connectivity index (χ4n) is 4.65. The van der Waals surface area contributed by atoms with Crippen LogP contribution in [0, 0.1) is 0 Å². The number of carbonyl (C=O) groups is 1. The number of rotatable bonds is 7. The Morgan fingerprint density at radius 1 is 0.750 bits per heavy atom. The maximum absolute atomic E-state index is 11.7. The Morgan fingerprint density at radius 3 is 2.10 bits per heavy atom. The number of benzene rings is 4. The first-order chi connectivity index (χ1) is 19.4. The minimum atomic E-state index is -0.988. The average Bonchev–Trinajstić information content (AvgIpc) is 3.43. The summed E-state index contributed by atoms with van der Waals surface area (Å²) in [5.41, 5.74) is 8.02. The van der Waals surface area contributed by atoms with Gasteiger partial charge < -0.3 is 9.84 Å². The monoisotopic (exact) mass is 526 g/mol. The van der Waals surface area contributed by atoms with E-state index in [4.69, 9.17) is 9.84 Å². The van der Waals surface area contributed by atoms with Crippen molar-refractivity contribution in [3.05, 3.63) is 115 Å². The van der Waals surface area contributed by atoms with Crippen molar-refractivity contribution in [2.24, 2.45) is 0 Å². The zero-order valence-corrected chi connectivity index (χ0v) is 22.0. The first kappa shape index (κ1) is 25.0. The molecule has 40 heavy (non-hydrogen) atoms. The second kappa shape index (κ2) is 10.5. The molecule has 0 aliphatic heterocycles. The maximum atomic E-state index is 11.7. The molecule has 0 atom stereocenters. The van der Waals surface area contributed by atoms with Gasteiger partial charge in [0.2, 0.25) is 0 Å². The predicted molar refractivity (Wildman–Crippen MR) is 156 cm³/mol. The summed E-state index contributed by atoms with van der Waals surface area (Å²) in [6.45, 7) is 4.02. The molecule has 0 bridgehead atoms. The lowest BCUT2D eigenvalue weighted by Crippen LogP contribution is -2.05. The Kier molecular flexibility index (Phi) is 6.54. The molecule has 6 rings (SSSR count). The summed E-state index contributed by atoms with van der Waals surface area (Å²) >= 11 is 0. The van der Waals surface area contributed by atoms with Crippen LogP contribution < -0.4 is 4.74 Å². The molecule has 0 aliphatic rings. The summed E-state index contributed by atoms with van der Waals surface area (Å²) in [5, 5.41) is 14.5. The van der Waals surface area contributed by atoms with Crippen LogP contribution in [0.5, 0.6) is 5.75 Å². The summed E-state index contributed by atoms with van der Waals surface area (Å²) in [7, 11) is 0. The molecule has 0 aliphatic carbocycles. The van der Waals surface area contributed by atoms with Crippen molar-refractivity contribution in [3.8, 4) is 45.1 Å². The number of ether oxygens (including phenoxy) is 1. The van der Waals surface area contributed by atoms with E-state index in [9.17, 15) is 9.90 Å². The summed E-state index contributed by atoms with van der Waals surface area (Å²) in [6, 6.07) is 31.0. The van der Waals surface area contributed by atoms with Crippen LogP contribution in [0.3, 0.4) is 0 Å². The van der Waals surface area contributed by atoms with Gasteiger partial charge >= 0.3 is 5.97 Å². The van der Waals surface area contributed by atoms with E-state index in [-0.39, 0.29) is 11.7 Å². The standard InChI is InChI=1S/C33H26N4O3/c1-21(2)40-28-13-10-23(11-14-28)22-6-8-24(9-7-22)32-20-30(25-12-15-29-31(19-25)35-17-16-34-29)36-37(32)27-5-3-4-26(18-27)33(38)39/h3-21H,1-2H3,(H,38,39). The second-order valence-corrected chi connectivity index (χ2v) is 9.71. The van der Waals surface area contributed by atoms with E-state index in [0.29, 0.717) is 5.69 Å². The molecule has 0 radical (unpaired) electrons. The van der Waals surface area contributed by atoms with E-state index < -0.39 is 5.97 Å². The fraction of sp³-hybridized carbons (Fsp3) is 0.0909. The molecule has 0 spiro atoms. The van der Waals surface area contributed by atoms with E-state index in [0.717, 1.165) is 50.4 Å². The lowest BCUT2D eigenvalue weighted by atomic mass is 10.0. The van der Waals surface area contributed by atoms with Crippen molar-refractivity contribution >= 4 is 17.0 Å². The lowest BCUT2D eigenvalue weighted by molar-refractivity contribution is 0.0697. The van der Waals surface area contributed by atoms with Gasteiger partial charge in [0.1, 0.15) is 5.75 Å². The largest absolute Gasteiger partial charge is 0.491 e. The number of hydrogen-bond donors (Lipinski definition) is 1. The Morgan fingerprint density at radius 2 is 1.40 bits per heavy atom. The SMILES string of the molecule is CC(C)Oc1ccc(-c2ccc(-c3cc(-c4ccc5nccnc5c4)nn3-c3cccc(C(=O)O)c3)cc2)cc1. The number of nitrogens with zero attached hydrogens (tertiary/aromatic N) is 4. The number of fused-ring (bicyclic) bond motifs is 1. The number of carboxylic acid groups (broad SMARTS) is 1. The minimum absolute atomic E-state index is 0.124. The molecule has 0 unspecified atom stereocenters. The van der Waals surface area contributed by atoms with Crippen LogP contribution in [-0.2, 0) is 0 Å². The molecule has 7 heteroatoms.